The summed E-state index contributed by atoms with van der Waals surface area (Å²) >= 11 is 6.46. The molecule has 3 aromatic rings. The number of halogens is 1. The van der Waals surface area contributed by atoms with Gasteiger partial charge in [0.2, 0.25) is 5.91 Å². The van der Waals surface area contributed by atoms with Gasteiger partial charge in [-0.15, -0.1) is 0 Å². The van der Waals surface area contributed by atoms with Gasteiger partial charge in [0.05, 0.1) is 10.7 Å². The molecule has 2 heterocycles. The molecular weight excluding hydrogens is 448 g/mol. The van der Waals surface area contributed by atoms with E-state index in [4.69, 9.17) is 21.3 Å². The first-order chi connectivity index (χ1) is 16.5. The van der Waals surface area contributed by atoms with Crippen LogP contribution in [-0.4, -0.2) is 15.9 Å². The number of anilines is 1. The number of nitrogens with zero attached hydrogens (tertiary/aromatic N) is 3. The first-order valence-electron chi connectivity index (χ1n) is 11.4. The van der Waals surface area contributed by atoms with Crippen molar-refractivity contribution in [3.05, 3.63) is 83.6 Å². The molecule has 0 saturated heterocycles. The third-order valence-corrected chi connectivity index (χ3v) is 5.72. The van der Waals surface area contributed by atoms with Gasteiger partial charge < -0.3 is 15.0 Å². The van der Waals surface area contributed by atoms with E-state index in [9.17, 15) is 4.79 Å². The second-order valence-electron chi connectivity index (χ2n) is 7.94. The highest BCUT2D eigenvalue weighted by molar-refractivity contribution is 6.31. The maximum Gasteiger partial charge on any atom is 0.220 e. The average Bonchev–Trinajstić information content (AvgIpc) is 2.83. The number of para-hydroxylation sites is 1. The molecule has 0 radical (unpaired) electrons. The van der Waals surface area contributed by atoms with Crippen LogP contribution in [0.2, 0.25) is 5.02 Å². The van der Waals surface area contributed by atoms with Crippen LogP contribution in [0.5, 0.6) is 5.75 Å². The topological polar surface area (TPSA) is 67.3 Å². The number of hydrogen-bond donors (Lipinski definition) is 1. The van der Waals surface area contributed by atoms with Crippen LogP contribution >= 0.6 is 11.6 Å². The van der Waals surface area contributed by atoms with Gasteiger partial charge in [0, 0.05) is 54.4 Å². The van der Waals surface area contributed by atoms with E-state index in [1.165, 1.54) is 0 Å². The highest BCUT2D eigenvalue weighted by atomic mass is 35.5. The lowest BCUT2D eigenvalue weighted by Gasteiger charge is -2.19. The van der Waals surface area contributed by atoms with E-state index < -0.39 is 0 Å². The molecule has 0 aliphatic carbocycles. The van der Waals surface area contributed by atoms with E-state index in [0.29, 0.717) is 23.7 Å². The number of fused-ring (bicyclic) bond motifs is 1. The van der Waals surface area contributed by atoms with Gasteiger partial charge in [-0.25, -0.2) is 4.98 Å². The van der Waals surface area contributed by atoms with Gasteiger partial charge in [0.15, 0.2) is 0 Å². The Labute approximate surface area is 206 Å². The standard InChI is InChI=1S/C27H31ClN4O2/c1-5-8-12-26(33)30-16-20-15-29-17-23(28)22(20)18-34-25-11-9-10-21-24(32(7-3)13-6-2)14-19(4)31-27(21)25/h6-7,9-11,13-15,17H,3,5,8,12,16,18H2,1-2,4H3,(H,30,33)/b13-6-. The Kier molecular flexibility index (Phi) is 9.05. The minimum atomic E-state index is 0.0165. The lowest BCUT2D eigenvalue weighted by Crippen LogP contribution is -2.23. The van der Waals surface area contributed by atoms with Crippen LogP contribution in [0.4, 0.5) is 5.69 Å². The van der Waals surface area contributed by atoms with E-state index in [0.717, 1.165) is 46.3 Å². The molecular formula is C27H31ClN4O2. The normalized spacial score (nSPS) is 11.1. The fraction of sp³-hybridized carbons (Fsp3) is 0.296. The molecule has 3 rings (SSSR count). The van der Waals surface area contributed by atoms with E-state index in [2.05, 4.69) is 23.8 Å². The molecule has 1 N–H and O–H groups in total. The van der Waals surface area contributed by atoms with E-state index in [1.807, 2.05) is 55.3 Å². The number of unbranched alkanes of at least 4 members (excludes halogenated alkanes) is 1. The van der Waals surface area contributed by atoms with E-state index >= 15 is 0 Å². The van der Waals surface area contributed by atoms with Crippen molar-refractivity contribution in [2.24, 2.45) is 0 Å². The Hall–Kier alpha value is -3.38. The Balaban J connectivity index is 1.88. The highest BCUT2D eigenvalue weighted by Gasteiger charge is 2.14. The van der Waals surface area contributed by atoms with Crippen molar-refractivity contribution in [2.75, 3.05) is 4.90 Å². The van der Waals surface area contributed by atoms with Gasteiger partial charge in [-0.2, -0.15) is 0 Å². The van der Waals surface area contributed by atoms with Gasteiger partial charge in [-0.1, -0.05) is 49.7 Å². The zero-order valence-electron chi connectivity index (χ0n) is 20.0. The second kappa shape index (κ2) is 12.2. The number of carbonyl (C=O) groups excluding carboxylic acids is 1. The van der Waals surface area contributed by atoms with Crippen molar-refractivity contribution >= 4 is 34.1 Å². The Morgan fingerprint density at radius 3 is 2.88 bits per heavy atom. The SMILES string of the molecule is C=CN(/C=C\C)c1cc(C)nc2c(OCc3c(Cl)cncc3CNC(=O)CCCC)cccc12. The van der Waals surface area contributed by atoms with Crippen LogP contribution in [0.15, 0.2) is 61.7 Å². The fourth-order valence-corrected chi connectivity index (χ4v) is 3.88. The Morgan fingerprint density at radius 2 is 2.15 bits per heavy atom. The number of ether oxygens (including phenoxy) is 1. The first-order valence-corrected chi connectivity index (χ1v) is 11.8. The van der Waals surface area contributed by atoms with Crippen molar-refractivity contribution < 1.29 is 9.53 Å². The van der Waals surface area contributed by atoms with Crippen LogP contribution < -0.4 is 15.0 Å². The summed E-state index contributed by atoms with van der Waals surface area (Å²) in [6, 6.07) is 7.87. The van der Waals surface area contributed by atoms with Gasteiger partial charge in [0.1, 0.15) is 17.9 Å². The lowest BCUT2D eigenvalue weighted by molar-refractivity contribution is -0.121. The third-order valence-electron chi connectivity index (χ3n) is 5.39. The number of benzene rings is 1. The maximum absolute atomic E-state index is 12.1. The Morgan fingerprint density at radius 1 is 1.32 bits per heavy atom. The minimum absolute atomic E-state index is 0.0165. The molecule has 1 amide bonds. The van der Waals surface area contributed by atoms with Crippen molar-refractivity contribution in [3.8, 4) is 5.75 Å². The smallest absolute Gasteiger partial charge is 0.220 e. The summed E-state index contributed by atoms with van der Waals surface area (Å²) in [5.41, 5.74) is 4.21. The summed E-state index contributed by atoms with van der Waals surface area (Å²) < 4.78 is 6.23. The van der Waals surface area contributed by atoms with Crippen LogP contribution in [0.3, 0.4) is 0 Å². The number of rotatable bonds is 11. The molecule has 0 saturated carbocycles. The number of pyridine rings is 2. The predicted molar refractivity (Wildman–Crippen MR) is 139 cm³/mol. The summed E-state index contributed by atoms with van der Waals surface area (Å²) in [7, 11) is 0. The third kappa shape index (κ3) is 6.14. The van der Waals surface area contributed by atoms with Gasteiger partial charge in [-0.05, 0) is 38.0 Å². The van der Waals surface area contributed by atoms with Gasteiger partial charge >= 0.3 is 0 Å². The summed E-state index contributed by atoms with van der Waals surface area (Å²) in [4.78, 5) is 23.0. The number of carbonyl (C=O) groups is 1. The van der Waals surface area contributed by atoms with Crippen LogP contribution in [-0.2, 0) is 17.9 Å². The van der Waals surface area contributed by atoms with E-state index in [1.54, 1.807) is 18.6 Å². The van der Waals surface area contributed by atoms with Crippen LogP contribution in [0.25, 0.3) is 10.9 Å². The van der Waals surface area contributed by atoms with Crippen molar-refractivity contribution in [3.63, 3.8) is 0 Å². The largest absolute Gasteiger partial charge is 0.487 e. The quantitative estimate of drug-likeness (QED) is 0.342. The summed E-state index contributed by atoms with van der Waals surface area (Å²) in [6.07, 6.45) is 11.3. The molecule has 34 heavy (non-hydrogen) atoms. The number of hydrogen-bond acceptors (Lipinski definition) is 5. The molecule has 6 nitrogen and oxygen atoms in total. The monoisotopic (exact) mass is 478 g/mol. The van der Waals surface area contributed by atoms with Crippen LogP contribution in [0.1, 0.15) is 49.9 Å². The summed E-state index contributed by atoms with van der Waals surface area (Å²) in [6.45, 7) is 10.5. The lowest BCUT2D eigenvalue weighted by atomic mass is 10.1. The number of amides is 1. The number of allylic oxidation sites excluding steroid dienone is 1. The van der Waals surface area contributed by atoms with Crippen molar-refractivity contribution in [1.29, 1.82) is 0 Å². The highest BCUT2D eigenvalue weighted by Crippen LogP contribution is 2.33. The van der Waals surface area contributed by atoms with E-state index in [-0.39, 0.29) is 12.5 Å². The molecule has 0 aliphatic heterocycles. The molecule has 1 aromatic carbocycles. The van der Waals surface area contributed by atoms with Crippen molar-refractivity contribution in [2.45, 2.75) is 53.2 Å². The van der Waals surface area contributed by atoms with Crippen LogP contribution in [0, 0.1) is 6.92 Å². The summed E-state index contributed by atoms with van der Waals surface area (Å²) in [5.74, 6) is 0.667. The van der Waals surface area contributed by atoms with Crippen molar-refractivity contribution in [1.82, 2.24) is 15.3 Å². The molecule has 178 valence electrons. The number of aromatic nitrogens is 2. The zero-order valence-corrected chi connectivity index (χ0v) is 20.7. The molecule has 0 aliphatic rings. The number of nitrogens with one attached hydrogen (secondary N) is 1. The Bertz CT molecular complexity index is 1190. The van der Waals surface area contributed by atoms with Gasteiger partial charge in [0.25, 0.3) is 0 Å². The molecule has 2 aromatic heterocycles. The number of aryl methyl sites for hydroxylation is 1. The molecule has 0 bridgehead atoms. The van der Waals surface area contributed by atoms with Gasteiger partial charge in [-0.3, -0.25) is 9.78 Å². The molecule has 0 atom stereocenters. The molecule has 0 spiro atoms. The zero-order chi connectivity index (χ0) is 24.5. The maximum atomic E-state index is 12.1. The molecule has 7 heteroatoms. The second-order valence-corrected chi connectivity index (χ2v) is 8.34. The minimum Gasteiger partial charge on any atom is -0.487 e. The predicted octanol–water partition coefficient (Wildman–Crippen LogP) is 6.46. The average molecular weight is 479 g/mol. The fourth-order valence-electron chi connectivity index (χ4n) is 3.64. The first kappa shape index (κ1) is 25.2. The summed E-state index contributed by atoms with van der Waals surface area (Å²) in [5, 5.41) is 4.39. The molecule has 0 fully saturated rings. The molecule has 0 unspecified atom stereocenters.